The van der Waals surface area contributed by atoms with Crippen molar-refractivity contribution in [3.05, 3.63) is 53.6 Å². The zero-order valence-electron chi connectivity index (χ0n) is 19.0. The normalized spacial score (nSPS) is 12.8. The molecule has 8 heteroatoms. The Morgan fingerprint density at radius 1 is 1.00 bits per heavy atom. The van der Waals surface area contributed by atoms with Gasteiger partial charge in [-0.2, -0.15) is 0 Å². The molecule has 0 fully saturated rings. The third-order valence-electron chi connectivity index (χ3n) is 4.60. The number of sulfonamides is 1. The van der Waals surface area contributed by atoms with E-state index in [0.29, 0.717) is 24.3 Å². The number of ether oxygens (including phenoxy) is 2. The van der Waals surface area contributed by atoms with Crippen molar-refractivity contribution < 1.29 is 22.7 Å². The maximum Gasteiger partial charge on any atom is 0.241 e. The largest absolute Gasteiger partial charge is 0.493 e. The minimum absolute atomic E-state index is 0.0895. The summed E-state index contributed by atoms with van der Waals surface area (Å²) < 4.78 is 37.9. The maximum absolute atomic E-state index is 12.4. The second-order valence-electron chi connectivity index (χ2n) is 8.40. The summed E-state index contributed by atoms with van der Waals surface area (Å²) in [7, 11) is -0.427. The number of nitrogens with one attached hydrogen (secondary N) is 2. The molecule has 1 amide bonds. The van der Waals surface area contributed by atoms with Gasteiger partial charge in [-0.3, -0.25) is 4.79 Å². The van der Waals surface area contributed by atoms with Gasteiger partial charge < -0.3 is 14.8 Å². The summed E-state index contributed by atoms with van der Waals surface area (Å²) >= 11 is 0. The van der Waals surface area contributed by atoms with Crippen LogP contribution in [0.5, 0.6) is 11.5 Å². The summed E-state index contributed by atoms with van der Waals surface area (Å²) in [6.07, 6.45) is 0.807. The van der Waals surface area contributed by atoms with Gasteiger partial charge in [0.1, 0.15) is 0 Å². The molecule has 7 nitrogen and oxygen atoms in total. The lowest BCUT2D eigenvalue weighted by Gasteiger charge is -2.20. The molecule has 0 heterocycles. The molecule has 1 atom stereocenters. The Morgan fingerprint density at radius 3 is 2.16 bits per heavy atom. The van der Waals surface area contributed by atoms with E-state index in [1.165, 1.54) is 0 Å². The Kier molecular flexibility index (Phi) is 8.08. The van der Waals surface area contributed by atoms with Crippen LogP contribution < -0.4 is 19.5 Å². The van der Waals surface area contributed by atoms with Gasteiger partial charge in [-0.05, 0) is 69.5 Å². The van der Waals surface area contributed by atoms with Crippen LogP contribution in [0.3, 0.4) is 0 Å². The number of benzene rings is 2. The highest BCUT2D eigenvalue weighted by Crippen LogP contribution is 2.29. The fourth-order valence-corrected chi connectivity index (χ4v) is 4.49. The van der Waals surface area contributed by atoms with Crippen molar-refractivity contribution in [2.24, 2.45) is 0 Å². The van der Waals surface area contributed by atoms with Gasteiger partial charge in [0, 0.05) is 12.0 Å². The molecule has 0 aromatic heterocycles. The number of amides is 1. The first-order valence-corrected chi connectivity index (χ1v) is 11.6. The molecule has 0 spiro atoms. The van der Waals surface area contributed by atoms with E-state index in [-0.39, 0.29) is 16.8 Å². The number of hydrogen-bond acceptors (Lipinski definition) is 5. The fourth-order valence-electron chi connectivity index (χ4n) is 3.07. The van der Waals surface area contributed by atoms with E-state index < -0.39 is 15.6 Å². The molecule has 2 N–H and O–H groups in total. The summed E-state index contributed by atoms with van der Waals surface area (Å²) in [5.74, 6) is 1.15. The molecule has 170 valence electrons. The molecular weight excluding hydrogens is 416 g/mol. The van der Waals surface area contributed by atoms with Gasteiger partial charge in [-0.25, -0.2) is 13.1 Å². The molecule has 31 heavy (non-hydrogen) atoms. The average Bonchev–Trinajstić information content (AvgIpc) is 2.70. The number of methoxy groups -OCH3 is 2. The molecular formula is C23H32N2O5S. The summed E-state index contributed by atoms with van der Waals surface area (Å²) in [5, 5.41) is 2.98. The van der Waals surface area contributed by atoms with Crippen LogP contribution in [0.1, 0.15) is 51.3 Å². The van der Waals surface area contributed by atoms with E-state index in [0.717, 1.165) is 11.1 Å². The van der Waals surface area contributed by atoms with Gasteiger partial charge in [0.15, 0.2) is 11.5 Å². The van der Waals surface area contributed by atoms with E-state index in [2.05, 4.69) is 10.0 Å². The lowest BCUT2D eigenvalue weighted by Crippen LogP contribution is -2.40. The van der Waals surface area contributed by atoms with Gasteiger partial charge in [0.25, 0.3) is 0 Å². The molecule has 0 saturated heterocycles. The van der Waals surface area contributed by atoms with E-state index >= 15 is 0 Å². The van der Waals surface area contributed by atoms with Gasteiger partial charge in [-0.1, -0.05) is 18.2 Å². The first-order chi connectivity index (χ1) is 14.4. The average molecular weight is 449 g/mol. The van der Waals surface area contributed by atoms with Gasteiger partial charge >= 0.3 is 0 Å². The van der Waals surface area contributed by atoms with Crippen LogP contribution in [0, 0.1) is 0 Å². The van der Waals surface area contributed by atoms with E-state index in [1.807, 2.05) is 19.1 Å². The molecule has 2 rings (SSSR count). The summed E-state index contributed by atoms with van der Waals surface area (Å²) in [4.78, 5) is 12.6. The highest BCUT2D eigenvalue weighted by Gasteiger charge is 2.21. The number of carbonyl (C=O) groups excluding carboxylic acids is 1. The van der Waals surface area contributed by atoms with E-state index in [4.69, 9.17) is 9.47 Å². The highest BCUT2D eigenvalue weighted by molar-refractivity contribution is 7.89. The van der Waals surface area contributed by atoms with Crippen LogP contribution in [0.4, 0.5) is 0 Å². The summed E-state index contributed by atoms with van der Waals surface area (Å²) in [6.45, 7) is 7.28. The zero-order valence-corrected chi connectivity index (χ0v) is 19.8. The first-order valence-electron chi connectivity index (χ1n) is 10.1. The molecule has 2 aromatic carbocycles. The molecule has 0 aliphatic carbocycles. The van der Waals surface area contributed by atoms with E-state index in [9.17, 15) is 13.2 Å². The Bertz CT molecular complexity index is 996. The van der Waals surface area contributed by atoms with Gasteiger partial charge in [0.05, 0.1) is 25.2 Å². The molecule has 0 bridgehead atoms. The summed E-state index contributed by atoms with van der Waals surface area (Å²) in [5.41, 5.74) is 1.25. The Morgan fingerprint density at radius 2 is 1.61 bits per heavy atom. The zero-order chi connectivity index (χ0) is 23.2. The Labute approximate surface area is 185 Å². The summed E-state index contributed by atoms with van der Waals surface area (Å²) in [6, 6.07) is 11.9. The third-order valence-corrected chi connectivity index (χ3v) is 6.37. The minimum atomic E-state index is -3.57. The predicted octanol–water partition coefficient (Wildman–Crippen LogP) is 3.59. The highest BCUT2D eigenvalue weighted by atomic mass is 32.2. The van der Waals surface area contributed by atoms with Crippen molar-refractivity contribution in [2.75, 3.05) is 14.2 Å². The molecule has 2 aromatic rings. The van der Waals surface area contributed by atoms with Crippen molar-refractivity contribution >= 4 is 15.9 Å². The number of aryl methyl sites for hydroxylation is 1. The number of rotatable bonds is 9. The van der Waals surface area contributed by atoms with Crippen molar-refractivity contribution in [3.63, 3.8) is 0 Å². The quantitative estimate of drug-likeness (QED) is 0.611. The molecule has 0 aliphatic heterocycles. The van der Waals surface area contributed by atoms with Crippen molar-refractivity contribution in [1.82, 2.24) is 10.0 Å². The van der Waals surface area contributed by atoms with Crippen LogP contribution in [0.25, 0.3) is 0 Å². The van der Waals surface area contributed by atoms with Crippen LogP contribution in [0.15, 0.2) is 47.4 Å². The van der Waals surface area contributed by atoms with Crippen molar-refractivity contribution in [3.8, 4) is 11.5 Å². The molecule has 0 unspecified atom stereocenters. The molecule has 0 radical (unpaired) electrons. The Balaban J connectivity index is 1.94. The third kappa shape index (κ3) is 7.25. The number of carbonyl (C=O) groups is 1. The molecule has 0 saturated carbocycles. The molecule has 0 aliphatic rings. The first kappa shape index (κ1) is 24.7. The topological polar surface area (TPSA) is 93.7 Å². The SMILES string of the molecule is COc1ccc([C@H](C)NC(=O)CCc2ccc(S(=O)(=O)NC(C)(C)C)cc2)cc1OC. The monoisotopic (exact) mass is 448 g/mol. The van der Waals surface area contributed by atoms with Crippen molar-refractivity contribution in [2.45, 2.75) is 57.0 Å². The van der Waals surface area contributed by atoms with Crippen LogP contribution >= 0.6 is 0 Å². The fraction of sp³-hybridized carbons (Fsp3) is 0.435. The predicted molar refractivity (Wildman–Crippen MR) is 121 cm³/mol. The lowest BCUT2D eigenvalue weighted by molar-refractivity contribution is -0.121. The smallest absolute Gasteiger partial charge is 0.241 e. The maximum atomic E-state index is 12.4. The van der Waals surface area contributed by atoms with Crippen LogP contribution in [-0.2, 0) is 21.2 Å². The van der Waals surface area contributed by atoms with E-state index in [1.54, 1.807) is 65.3 Å². The standard InChI is InChI=1S/C23H32N2O5S/c1-16(18-10-13-20(29-5)21(15-18)30-6)24-22(26)14-9-17-7-11-19(12-8-17)31(27,28)25-23(2,3)4/h7-8,10-13,15-16,25H,9,14H2,1-6H3,(H,24,26)/t16-/m0/s1. The minimum Gasteiger partial charge on any atom is -0.493 e. The second kappa shape index (κ2) is 10.2. The lowest BCUT2D eigenvalue weighted by atomic mass is 10.1. The number of hydrogen-bond donors (Lipinski definition) is 2. The van der Waals surface area contributed by atoms with Crippen molar-refractivity contribution in [1.29, 1.82) is 0 Å². The van der Waals surface area contributed by atoms with Gasteiger partial charge in [0.2, 0.25) is 15.9 Å². The van der Waals surface area contributed by atoms with Crippen LogP contribution in [-0.4, -0.2) is 34.1 Å². The second-order valence-corrected chi connectivity index (χ2v) is 10.1. The van der Waals surface area contributed by atoms with Gasteiger partial charge in [-0.15, -0.1) is 0 Å². The van der Waals surface area contributed by atoms with Crippen LogP contribution in [0.2, 0.25) is 0 Å². The Hall–Kier alpha value is -2.58.